The number of amides is 1. The molecule has 28 heavy (non-hydrogen) atoms. The summed E-state index contributed by atoms with van der Waals surface area (Å²) in [5, 5.41) is 0. The summed E-state index contributed by atoms with van der Waals surface area (Å²) in [5.41, 5.74) is 0.554. The number of rotatable bonds is 5. The van der Waals surface area contributed by atoms with E-state index in [0.717, 1.165) is 0 Å². The average Bonchev–Trinajstić information content (AvgIpc) is 2.92. The first-order chi connectivity index (χ1) is 13.2. The van der Waals surface area contributed by atoms with Crippen LogP contribution in [0.15, 0.2) is 24.3 Å². The highest BCUT2D eigenvalue weighted by atomic mass is 19.1. The van der Waals surface area contributed by atoms with Gasteiger partial charge in [0.25, 0.3) is 0 Å². The first-order valence-corrected chi connectivity index (χ1v) is 9.87. The van der Waals surface area contributed by atoms with Crippen LogP contribution < -0.4 is 4.90 Å². The first kappa shape index (κ1) is 20.6. The molecule has 0 unspecified atom stereocenters. The lowest BCUT2D eigenvalue weighted by molar-refractivity contribution is -0.163. The molecule has 6 nitrogen and oxygen atoms in total. The number of para-hydroxylation sites is 1. The van der Waals surface area contributed by atoms with Crippen molar-refractivity contribution in [3.05, 3.63) is 30.1 Å². The van der Waals surface area contributed by atoms with Gasteiger partial charge in [-0.2, -0.15) is 0 Å². The number of carbonyl (C=O) groups excluding carboxylic acids is 2. The number of carbonyl (C=O) groups is 2. The van der Waals surface area contributed by atoms with Gasteiger partial charge >= 0.3 is 5.97 Å². The number of hydrogen-bond donors (Lipinski definition) is 0. The maximum Gasteiger partial charge on any atom is 0.338 e. The van der Waals surface area contributed by atoms with Crippen LogP contribution in [0.3, 0.4) is 0 Å². The second-order valence-corrected chi connectivity index (χ2v) is 8.36. The number of ether oxygens (including phenoxy) is 2. The Morgan fingerprint density at radius 2 is 1.86 bits per heavy atom. The molecule has 0 saturated carbocycles. The molecular weight excluding hydrogens is 363 g/mol. The molecule has 0 spiro atoms. The highest BCUT2D eigenvalue weighted by molar-refractivity contribution is 5.88. The summed E-state index contributed by atoms with van der Waals surface area (Å²) in [6.07, 6.45) is -0.336. The standard InChI is InChI=1S/C21H29FN2O4/c1-14(2)13-15(18-20(26)28-21(3,4)27-18)19(25)24-11-9-23(10-12-24)17-8-6-5-7-16(17)22/h5-8,14-15,18H,9-13H2,1-4H3/t15-,18-/m0/s1. The van der Waals surface area contributed by atoms with Gasteiger partial charge in [0, 0.05) is 40.0 Å². The summed E-state index contributed by atoms with van der Waals surface area (Å²) in [6.45, 7) is 9.43. The van der Waals surface area contributed by atoms with Crippen LogP contribution in [0.1, 0.15) is 34.1 Å². The van der Waals surface area contributed by atoms with Gasteiger partial charge in [-0.05, 0) is 24.5 Å². The Hall–Kier alpha value is -2.15. The zero-order valence-electron chi connectivity index (χ0n) is 17.0. The third kappa shape index (κ3) is 4.46. The van der Waals surface area contributed by atoms with E-state index in [1.807, 2.05) is 18.7 Å². The van der Waals surface area contributed by atoms with Gasteiger partial charge in [0.2, 0.25) is 11.7 Å². The molecule has 2 atom stereocenters. The Kier molecular flexibility index (Phi) is 5.93. The van der Waals surface area contributed by atoms with Crippen molar-refractivity contribution < 1.29 is 23.5 Å². The summed E-state index contributed by atoms with van der Waals surface area (Å²) in [6, 6.07) is 6.66. The minimum atomic E-state index is -1.01. The second-order valence-electron chi connectivity index (χ2n) is 8.36. The summed E-state index contributed by atoms with van der Waals surface area (Å²) in [7, 11) is 0. The molecule has 2 fully saturated rings. The highest BCUT2D eigenvalue weighted by Gasteiger charge is 2.48. The molecule has 2 aliphatic heterocycles. The fourth-order valence-corrected chi connectivity index (χ4v) is 3.90. The van der Waals surface area contributed by atoms with Crippen molar-refractivity contribution in [1.82, 2.24) is 4.90 Å². The zero-order chi connectivity index (χ0) is 20.5. The van der Waals surface area contributed by atoms with Gasteiger partial charge in [0.1, 0.15) is 5.82 Å². The van der Waals surface area contributed by atoms with Crippen LogP contribution in [-0.2, 0) is 19.1 Å². The molecule has 2 aliphatic rings. The Balaban J connectivity index is 1.69. The van der Waals surface area contributed by atoms with Gasteiger partial charge in [-0.25, -0.2) is 9.18 Å². The molecular formula is C21H29FN2O4. The second kappa shape index (κ2) is 8.07. The highest BCUT2D eigenvalue weighted by Crippen LogP contribution is 2.32. The maximum absolute atomic E-state index is 14.0. The van der Waals surface area contributed by atoms with Crippen LogP contribution in [0.5, 0.6) is 0 Å². The van der Waals surface area contributed by atoms with E-state index in [1.165, 1.54) is 6.07 Å². The molecule has 3 rings (SSSR count). The number of halogens is 1. The van der Waals surface area contributed by atoms with Crippen molar-refractivity contribution in [2.24, 2.45) is 11.8 Å². The largest absolute Gasteiger partial charge is 0.432 e. The number of cyclic esters (lactones) is 1. The number of nitrogens with zero attached hydrogens (tertiary/aromatic N) is 2. The number of esters is 1. The number of benzene rings is 1. The van der Waals surface area contributed by atoms with Crippen molar-refractivity contribution in [1.29, 1.82) is 0 Å². The van der Waals surface area contributed by atoms with Crippen LogP contribution in [0.4, 0.5) is 10.1 Å². The molecule has 2 saturated heterocycles. The molecule has 154 valence electrons. The molecule has 7 heteroatoms. The monoisotopic (exact) mass is 392 g/mol. The minimum Gasteiger partial charge on any atom is -0.432 e. The fourth-order valence-electron chi connectivity index (χ4n) is 3.90. The Morgan fingerprint density at radius 3 is 2.39 bits per heavy atom. The molecule has 0 bridgehead atoms. The van der Waals surface area contributed by atoms with Crippen molar-refractivity contribution in [3.8, 4) is 0 Å². The van der Waals surface area contributed by atoms with Gasteiger partial charge in [-0.3, -0.25) is 4.79 Å². The number of anilines is 1. The van der Waals surface area contributed by atoms with E-state index in [9.17, 15) is 14.0 Å². The SMILES string of the molecule is CC(C)C[C@H](C(=O)N1CCN(c2ccccc2F)CC1)[C@@H]1OC(C)(C)OC1=O. The van der Waals surface area contributed by atoms with E-state index in [0.29, 0.717) is 38.3 Å². The quantitative estimate of drug-likeness (QED) is 0.721. The third-order valence-electron chi connectivity index (χ3n) is 5.18. The smallest absolute Gasteiger partial charge is 0.338 e. The topological polar surface area (TPSA) is 59.1 Å². The van der Waals surface area contributed by atoms with Gasteiger partial charge in [0.05, 0.1) is 11.6 Å². The normalized spacial score (nSPS) is 23.1. The Morgan fingerprint density at radius 1 is 1.21 bits per heavy atom. The molecule has 0 N–H and O–H groups in total. The van der Waals surface area contributed by atoms with Gasteiger partial charge in [-0.15, -0.1) is 0 Å². The lowest BCUT2D eigenvalue weighted by Gasteiger charge is -2.38. The van der Waals surface area contributed by atoms with E-state index in [-0.39, 0.29) is 17.6 Å². The molecule has 0 radical (unpaired) electrons. The molecule has 0 aliphatic carbocycles. The molecule has 0 aromatic heterocycles. The number of piperazine rings is 1. The van der Waals surface area contributed by atoms with E-state index < -0.39 is 23.8 Å². The molecule has 1 aromatic carbocycles. The summed E-state index contributed by atoms with van der Waals surface area (Å²) in [5.74, 6) is -2.19. The van der Waals surface area contributed by atoms with Crippen molar-refractivity contribution >= 4 is 17.6 Å². The lowest BCUT2D eigenvalue weighted by Crippen LogP contribution is -2.52. The third-order valence-corrected chi connectivity index (χ3v) is 5.18. The van der Waals surface area contributed by atoms with E-state index >= 15 is 0 Å². The van der Waals surface area contributed by atoms with Crippen LogP contribution in [0.25, 0.3) is 0 Å². The van der Waals surface area contributed by atoms with E-state index in [4.69, 9.17) is 9.47 Å². The lowest BCUT2D eigenvalue weighted by atomic mass is 9.90. The molecule has 1 aromatic rings. The predicted octanol–water partition coefficient (Wildman–Crippen LogP) is 2.81. The van der Waals surface area contributed by atoms with Crippen LogP contribution >= 0.6 is 0 Å². The van der Waals surface area contributed by atoms with E-state index in [1.54, 1.807) is 36.9 Å². The maximum atomic E-state index is 14.0. The van der Waals surface area contributed by atoms with Crippen molar-refractivity contribution in [3.63, 3.8) is 0 Å². The summed E-state index contributed by atoms with van der Waals surface area (Å²) in [4.78, 5) is 29.2. The summed E-state index contributed by atoms with van der Waals surface area (Å²) >= 11 is 0. The predicted molar refractivity (Wildman–Crippen MR) is 103 cm³/mol. The molecule has 1 amide bonds. The van der Waals surface area contributed by atoms with Crippen LogP contribution in [0.2, 0.25) is 0 Å². The van der Waals surface area contributed by atoms with Crippen LogP contribution in [-0.4, -0.2) is 54.8 Å². The Labute approximate surface area is 165 Å². The number of hydrogen-bond acceptors (Lipinski definition) is 5. The first-order valence-electron chi connectivity index (χ1n) is 9.87. The van der Waals surface area contributed by atoms with Crippen molar-refractivity contribution in [2.75, 3.05) is 31.1 Å². The average molecular weight is 392 g/mol. The van der Waals surface area contributed by atoms with Gasteiger partial charge in [-0.1, -0.05) is 26.0 Å². The minimum absolute atomic E-state index is 0.0958. The molecule has 2 heterocycles. The van der Waals surface area contributed by atoms with Crippen molar-refractivity contribution in [2.45, 2.75) is 46.0 Å². The Bertz CT molecular complexity index is 729. The zero-order valence-corrected chi connectivity index (χ0v) is 17.0. The van der Waals surface area contributed by atoms with E-state index in [2.05, 4.69) is 0 Å². The summed E-state index contributed by atoms with van der Waals surface area (Å²) < 4.78 is 25.1. The van der Waals surface area contributed by atoms with Gasteiger partial charge < -0.3 is 19.3 Å². The van der Waals surface area contributed by atoms with Crippen LogP contribution in [0, 0.1) is 17.7 Å². The fraction of sp³-hybridized carbons (Fsp3) is 0.619. The van der Waals surface area contributed by atoms with Gasteiger partial charge in [0.15, 0.2) is 6.10 Å².